The molecule has 112 valence electrons. The van der Waals surface area contributed by atoms with Crippen molar-refractivity contribution in [1.29, 1.82) is 0 Å². The zero-order valence-electron chi connectivity index (χ0n) is 12.3. The molecule has 0 aromatic carbocycles. The summed E-state index contributed by atoms with van der Waals surface area (Å²) in [7, 11) is 0. The average molecular weight is 314 g/mol. The minimum Gasteiger partial charge on any atom is -0.389 e. The molecule has 6 heteroatoms. The Bertz CT molecular complexity index is 497. The zero-order valence-corrected chi connectivity index (χ0v) is 14.0. The molecule has 4 nitrogen and oxygen atoms in total. The van der Waals surface area contributed by atoms with Gasteiger partial charge in [0.15, 0.2) is 0 Å². The Morgan fingerprint density at radius 3 is 2.85 bits per heavy atom. The molecule has 1 aliphatic heterocycles. The molecule has 2 rings (SSSR count). The van der Waals surface area contributed by atoms with E-state index in [9.17, 15) is 9.90 Å². The first kappa shape index (κ1) is 15.8. The Kier molecular flexibility index (Phi) is 4.79. The largest absolute Gasteiger partial charge is 0.389 e. The summed E-state index contributed by atoms with van der Waals surface area (Å²) >= 11 is 3.30. The topological polar surface area (TPSA) is 61.4 Å². The summed E-state index contributed by atoms with van der Waals surface area (Å²) in [5.41, 5.74) is 0.212. The van der Waals surface area contributed by atoms with Gasteiger partial charge >= 0.3 is 0 Å². The number of aliphatic hydroxyl groups is 1. The standard InChI is InChI=1S/C14H22N2O2S2/c1-8(2)14(4,18)7-15-9(3)11-5-10-13(20-11)19-6-12(17)16-10/h5,8-9,15,18H,6-7H2,1-4H3,(H,16,17). The first-order valence-corrected chi connectivity index (χ1v) is 8.62. The van der Waals surface area contributed by atoms with Crippen molar-refractivity contribution in [1.82, 2.24) is 5.32 Å². The van der Waals surface area contributed by atoms with E-state index in [1.54, 1.807) is 23.1 Å². The number of rotatable bonds is 5. The summed E-state index contributed by atoms with van der Waals surface area (Å²) in [5, 5.41) is 16.5. The van der Waals surface area contributed by atoms with E-state index in [1.165, 1.54) is 9.09 Å². The fourth-order valence-corrected chi connectivity index (χ4v) is 3.95. The number of carbonyl (C=O) groups is 1. The lowest BCUT2D eigenvalue weighted by atomic mass is 9.92. The van der Waals surface area contributed by atoms with Crippen molar-refractivity contribution in [3.05, 3.63) is 10.9 Å². The molecule has 0 fully saturated rings. The SMILES string of the molecule is CC(NCC(C)(O)C(C)C)c1cc2c(s1)SCC(=O)N2. The van der Waals surface area contributed by atoms with Crippen molar-refractivity contribution >= 4 is 34.7 Å². The summed E-state index contributed by atoms with van der Waals surface area (Å²) in [6.07, 6.45) is 0. The highest BCUT2D eigenvalue weighted by molar-refractivity contribution is 8.02. The van der Waals surface area contributed by atoms with E-state index in [4.69, 9.17) is 0 Å². The van der Waals surface area contributed by atoms with Gasteiger partial charge in [0.2, 0.25) is 5.91 Å². The molecular weight excluding hydrogens is 292 g/mol. The Hall–Kier alpha value is -0.560. The number of thiophene rings is 1. The summed E-state index contributed by atoms with van der Waals surface area (Å²) < 4.78 is 1.17. The van der Waals surface area contributed by atoms with Gasteiger partial charge in [0, 0.05) is 17.5 Å². The van der Waals surface area contributed by atoms with Gasteiger partial charge in [-0.25, -0.2) is 0 Å². The number of nitrogens with one attached hydrogen (secondary N) is 2. The van der Waals surface area contributed by atoms with E-state index in [0.717, 1.165) is 5.69 Å². The number of fused-ring (bicyclic) bond motifs is 1. The Morgan fingerprint density at radius 1 is 1.50 bits per heavy atom. The molecule has 2 atom stereocenters. The van der Waals surface area contributed by atoms with Crippen LogP contribution >= 0.6 is 23.1 Å². The molecule has 1 aromatic rings. The summed E-state index contributed by atoms with van der Waals surface area (Å²) in [6.45, 7) is 8.52. The van der Waals surface area contributed by atoms with Crippen LogP contribution in [0.2, 0.25) is 0 Å². The van der Waals surface area contributed by atoms with Crippen molar-refractivity contribution < 1.29 is 9.90 Å². The third-order valence-corrected chi connectivity index (χ3v) is 6.37. The number of thioether (sulfide) groups is 1. The van der Waals surface area contributed by atoms with Crippen LogP contribution in [0.3, 0.4) is 0 Å². The molecule has 0 spiro atoms. The first-order valence-electron chi connectivity index (χ1n) is 6.81. The molecule has 2 heterocycles. The third-order valence-electron chi connectivity index (χ3n) is 3.76. The van der Waals surface area contributed by atoms with Crippen LogP contribution in [0.15, 0.2) is 10.3 Å². The highest BCUT2D eigenvalue weighted by Gasteiger charge is 2.26. The van der Waals surface area contributed by atoms with Crippen LogP contribution in [0.25, 0.3) is 0 Å². The Morgan fingerprint density at radius 2 is 2.20 bits per heavy atom. The van der Waals surface area contributed by atoms with Crippen molar-refractivity contribution in [2.24, 2.45) is 5.92 Å². The second-order valence-electron chi connectivity index (χ2n) is 5.80. The molecule has 0 bridgehead atoms. The van der Waals surface area contributed by atoms with Crippen LogP contribution in [-0.2, 0) is 4.79 Å². The lowest BCUT2D eigenvalue weighted by Crippen LogP contribution is -2.42. The second-order valence-corrected chi connectivity index (χ2v) is 8.13. The number of hydrogen-bond acceptors (Lipinski definition) is 5. The van der Waals surface area contributed by atoms with Gasteiger partial charge in [-0.15, -0.1) is 23.1 Å². The predicted molar refractivity (Wildman–Crippen MR) is 85.6 cm³/mol. The normalized spacial score (nSPS) is 19.4. The Labute approximate surface area is 128 Å². The van der Waals surface area contributed by atoms with E-state index in [1.807, 2.05) is 26.8 Å². The molecule has 2 unspecified atom stereocenters. The highest BCUT2D eigenvalue weighted by Crippen LogP contribution is 2.41. The summed E-state index contributed by atoms with van der Waals surface area (Å²) in [5.74, 6) is 0.764. The van der Waals surface area contributed by atoms with Gasteiger partial charge in [-0.3, -0.25) is 4.79 Å². The van der Waals surface area contributed by atoms with Crippen LogP contribution in [0.4, 0.5) is 5.69 Å². The maximum absolute atomic E-state index is 11.4. The minimum absolute atomic E-state index is 0.0650. The maximum atomic E-state index is 11.4. The van der Waals surface area contributed by atoms with Gasteiger partial charge < -0.3 is 15.7 Å². The van der Waals surface area contributed by atoms with Crippen LogP contribution < -0.4 is 10.6 Å². The second kappa shape index (κ2) is 6.05. The fourth-order valence-electron chi connectivity index (χ4n) is 1.78. The highest BCUT2D eigenvalue weighted by atomic mass is 32.2. The van der Waals surface area contributed by atoms with Crippen molar-refractivity contribution in [2.45, 2.75) is 43.5 Å². The molecular formula is C14H22N2O2S2. The smallest absolute Gasteiger partial charge is 0.234 e. The molecule has 1 amide bonds. The van der Waals surface area contributed by atoms with Crippen LogP contribution in [0.5, 0.6) is 0 Å². The molecule has 0 saturated heterocycles. The maximum Gasteiger partial charge on any atom is 0.234 e. The fraction of sp³-hybridized carbons (Fsp3) is 0.643. The van der Waals surface area contributed by atoms with Crippen molar-refractivity contribution in [3.8, 4) is 0 Å². The van der Waals surface area contributed by atoms with Crippen LogP contribution in [-0.4, -0.2) is 28.9 Å². The summed E-state index contributed by atoms with van der Waals surface area (Å²) in [6, 6.07) is 2.19. The van der Waals surface area contributed by atoms with Gasteiger partial charge in [-0.2, -0.15) is 0 Å². The molecule has 0 saturated carbocycles. The molecule has 0 radical (unpaired) electrons. The molecule has 20 heavy (non-hydrogen) atoms. The van der Waals surface area contributed by atoms with E-state index in [-0.39, 0.29) is 17.9 Å². The first-order chi connectivity index (χ1) is 9.29. The third kappa shape index (κ3) is 3.55. The quantitative estimate of drug-likeness (QED) is 0.782. The van der Waals surface area contributed by atoms with E-state index in [0.29, 0.717) is 12.3 Å². The summed E-state index contributed by atoms with van der Waals surface area (Å²) in [4.78, 5) is 12.5. The van der Waals surface area contributed by atoms with Gasteiger partial charge in [-0.05, 0) is 25.8 Å². The number of hydrogen-bond donors (Lipinski definition) is 3. The van der Waals surface area contributed by atoms with Gasteiger partial charge in [0.05, 0.1) is 21.3 Å². The molecule has 3 N–H and O–H groups in total. The minimum atomic E-state index is -0.714. The van der Waals surface area contributed by atoms with E-state index >= 15 is 0 Å². The molecule has 1 aliphatic rings. The van der Waals surface area contributed by atoms with Gasteiger partial charge in [0.1, 0.15) is 0 Å². The van der Waals surface area contributed by atoms with Crippen LogP contribution in [0.1, 0.15) is 38.6 Å². The zero-order chi connectivity index (χ0) is 14.9. The monoisotopic (exact) mass is 314 g/mol. The lowest BCUT2D eigenvalue weighted by molar-refractivity contribution is -0.113. The average Bonchev–Trinajstić information content (AvgIpc) is 2.78. The lowest BCUT2D eigenvalue weighted by Gasteiger charge is -2.29. The van der Waals surface area contributed by atoms with Crippen molar-refractivity contribution in [2.75, 3.05) is 17.6 Å². The van der Waals surface area contributed by atoms with Gasteiger partial charge in [-0.1, -0.05) is 13.8 Å². The van der Waals surface area contributed by atoms with E-state index in [2.05, 4.69) is 17.6 Å². The molecule has 1 aromatic heterocycles. The number of carbonyl (C=O) groups excluding carboxylic acids is 1. The van der Waals surface area contributed by atoms with Crippen LogP contribution in [0, 0.1) is 5.92 Å². The molecule has 0 aliphatic carbocycles. The van der Waals surface area contributed by atoms with E-state index < -0.39 is 5.60 Å². The van der Waals surface area contributed by atoms with Crippen molar-refractivity contribution in [3.63, 3.8) is 0 Å². The van der Waals surface area contributed by atoms with Gasteiger partial charge in [0.25, 0.3) is 0 Å². The predicted octanol–water partition coefficient (Wildman–Crippen LogP) is 2.85. The Balaban J connectivity index is 2.00. The number of amides is 1. The number of anilines is 1.